The molecule has 31 heavy (non-hydrogen) atoms. The summed E-state index contributed by atoms with van der Waals surface area (Å²) < 4.78 is 5.48. The lowest BCUT2D eigenvalue weighted by molar-refractivity contribution is -0.120. The van der Waals surface area contributed by atoms with E-state index in [1.54, 1.807) is 24.3 Å². The van der Waals surface area contributed by atoms with Crippen molar-refractivity contribution >= 4 is 28.8 Å². The van der Waals surface area contributed by atoms with Crippen molar-refractivity contribution < 1.29 is 14.3 Å². The van der Waals surface area contributed by atoms with Crippen molar-refractivity contribution in [2.45, 2.75) is 20.8 Å². The molecule has 0 aromatic heterocycles. The molecule has 0 spiro atoms. The average Bonchev–Trinajstić information content (AvgIpc) is 3.02. The Morgan fingerprint density at radius 2 is 1.58 bits per heavy atom. The molecule has 1 N–H and O–H groups in total. The molecule has 1 aliphatic rings. The number of aryl methyl sites for hydroxylation is 2. The number of anilines is 2. The van der Waals surface area contributed by atoms with E-state index in [1.807, 2.05) is 69.3 Å². The van der Waals surface area contributed by atoms with Crippen LogP contribution in [0.5, 0.6) is 5.75 Å². The molecule has 3 aromatic rings. The van der Waals surface area contributed by atoms with Crippen LogP contribution in [0.25, 0.3) is 5.57 Å². The van der Waals surface area contributed by atoms with Crippen LogP contribution in [0.3, 0.4) is 0 Å². The second kappa shape index (κ2) is 8.48. The number of imide groups is 1. The van der Waals surface area contributed by atoms with Crippen molar-refractivity contribution in [1.82, 2.24) is 0 Å². The van der Waals surface area contributed by atoms with Gasteiger partial charge in [-0.1, -0.05) is 42.5 Å². The molecule has 0 saturated carbocycles. The summed E-state index contributed by atoms with van der Waals surface area (Å²) in [5, 5.41) is 3.25. The lowest BCUT2D eigenvalue weighted by Gasteiger charge is -2.16. The third-order valence-electron chi connectivity index (χ3n) is 5.21. The number of hydrogen-bond acceptors (Lipinski definition) is 4. The second-order valence-corrected chi connectivity index (χ2v) is 7.43. The Morgan fingerprint density at radius 1 is 0.871 bits per heavy atom. The maximum Gasteiger partial charge on any atom is 0.282 e. The first-order chi connectivity index (χ1) is 15.0. The highest BCUT2D eigenvalue weighted by Gasteiger charge is 2.40. The molecule has 0 bridgehead atoms. The van der Waals surface area contributed by atoms with E-state index in [4.69, 9.17) is 4.74 Å². The predicted octanol–water partition coefficient (Wildman–Crippen LogP) is 5.10. The third-order valence-corrected chi connectivity index (χ3v) is 5.21. The normalized spacial score (nSPS) is 13.7. The minimum Gasteiger partial charge on any atom is -0.494 e. The number of nitrogens with zero attached hydrogens (tertiary/aromatic N) is 1. The standard InChI is InChI=1S/C26H24N2O3/c1-4-31-21-14-12-20(13-15-21)28-25(29)23(19-8-6-5-7-9-19)24(26(28)30)27-22-16-17(2)10-11-18(22)3/h5-16,27H,4H2,1-3H3. The third kappa shape index (κ3) is 3.94. The van der Waals surface area contributed by atoms with E-state index < -0.39 is 0 Å². The first-order valence-corrected chi connectivity index (χ1v) is 10.2. The highest BCUT2D eigenvalue weighted by Crippen LogP contribution is 2.35. The van der Waals surface area contributed by atoms with Crippen molar-refractivity contribution in [2.24, 2.45) is 0 Å². The van der Waals surface area contributed by atoms with Gasteiger partial charge in [0.25, 0.3) is 11.8 Å². The van der Waals surface area contributed by atoms with Gasteiger partial charge < -0.3 is 10.1 Å². The van der Waals surface area contributed by atoms with Gasteiger partial charge in [0.15, 0.2) is 0 Å². The number of carbonyl (C=O) groups is 2. The molecule has 5 nitrogen and oxygen atoms in total. The molecule has 0 unspecified atom stereocenters. The summed E-state index contributed by atoms with van der Waals surface area (Å²) in [6.07, 6.45) is 0. The molecule has 0 saturated heterocycles. The van der Waals surface area contributed by atoms with Gasteiger partial charge in [-0.15, -0.1) is 0 Å². The zero-order valence-electron chi connectivity index (χ0n) is 17.8. The fourth-order valence-electron chi connectivity index (χ4n) is 3.62. The highest BCUT2D eigenvalue weighted by atomic mass is 16.5. The minimum atomic E-state index is -0.381. The van der Waals surface area contributed by atoms with E-state index >= 15 is 0 Å². The number of ether oxygens (including phenoxy) is 1. The maximum atomic E-state index is 13.5. The molecule has 0 aliphatic carbocycles. The van der Waals surface area contributed by atoms with Gasteiger partial charge in [0.1, 0.15) is 11.4 Å². The summed E-state index contributed by atoms with van der Waals surface area (Å²) in [6.45, 7) is 6.41. The van der Waals surface area contributed by atoms with Crippen LogP contribution < -0.4 is 15.0 Å². The maximum absolute atomic E-state index is 13.5. The fourth-order valence-corrected chi connectivity index (χ4v) is 3.62. The van der Waals surface area contributed by atoms with E-state index in [0.29, 0.717) is 29.2 Å². The Morgan fingerprint density at radius 3 is 2.26 bits per heavy atom. The van der Waals surface area contributed by atoms with Gasteiger partial charge in [-0.3, -0.25) is 9.59 Å². The van der Waals surface area contributed by atoms with Crippen LogP contribution in [0, 0.1) is 13.8 Å². The Labute approximate surface area is 182 Å². The largest absolute Gasteiger partial charge is 0.494 e. The smallest absolute Gasteiger partial charge is 0.282 e. The van der Waals surface area contributed by atoms with Crippen molar-refractivity contribution in [3.8, 4) is 5.75 Å². The molecule has 0 atom stereocenters. The van der Waals surface area contributed by atoms with Crippen LogP contribution in [-0.4, -0.2) is 18.4 Å². The SMILES string of the molecule is CCOc1ccc(N2C(=O)C(Nc3cc(C)ccc3C)=C(c3ccccc3)C2=O)cc1. The monoisotopic (exact) mass is 412 g/mol. The van der Waals surface area contributed by atoms with Crippen molar-refractivity contribution in [1.29, 1.82) is 0 Å². The van der Waals surface area contributed by atoms with Crippen molar-refractivity contribution in [3.05, 3.63) is 95.2 Å². The Hall–Kier alpha value is -3.86. The average molecular weight is 412 g/mol. The summed E-state index contributed by atoms with van der Waals surface area (Å²) in [5.41, 5.74) is 4.70. The molecule has 2 amide bonds. The van der Waals surface area contributed by atoms with Gasteiger partial charge in [0.05, 0.1) is 17.9 Å². The second-order valence-electron chi connectivity index (χ2n) is 7.43. The zero-order chi connectivity index (χ0) is 22.0. The van der Waals surface area contributed by atoms with Gasteiger partial charge in [-0.05, 0) is 67.8 Å². The number of benzene rings is 3. The van der Waals surface area contributed by atoms with Crippen LogP contribution in [0.2, 0.25) is 0 Å². The first kappa shape index (κ1) is 20.4. The molecule has 0 radical (unpaired) electrons. The molecule has 4 rings (SSSR count). The molecular weight excluding hydrogens is 388 g/mol. The summed E-state index contributed by atoms with van der Waals surface area (Å²) in [5.74, 6) is -0.0441. The number of hydrogen-bond donors (Lipinski definition) is 1. The van der Waals surface area contributed by atoms with E-state index in [1.165, 1.54) is 4.90 Å². The quantitative estimate of drug-likeness (QED) is 0.573. The number of rotatable bonds is 6. The number of nitrogens with one attached hydrogen (secondary N) is 1. The van der Waals surface area contributed by atoms with Crippen LogP contribution in [0.15, 0.2) is 78.5 Å². The summed E-state index contributed by atoms with van der Waals surface area (Å²) >= 11 is 0. The molecule has 1 aliphatic heterocycles. The van der Waals surface area contributed by atoms with E-state index in [9.17, 15) is 9.59 Å². The van der Waals surface area contributed by atoms with E-state index in [2.05, 4.69) is 5.32 Å². The molecule has 5 heteroatoms. The lowest BCUT2D eigenvalue weighted by atomic mass is 10.0. The Bertz CT molecular complexity index is 1170. The minimum absolute atomic E-state index is 0.277. The van der Waals surface area contributed by atoms with Crippen LogP contribution in [-0.2, 0) is 9.59 Å². The highest BCUT2D eigenvalue weighted by molar-refractivity contribution is 6.46. The topological polar surface area (TPSA) is 58.6 Å². The predicted molar refractivity (Wildman–Crippen MR) is 123 cm³/mol. The van der Waals surface area contributed by atoms with Crippen LogP contribution in [0.1, 0.15) is 23.6 Å². The van der Waals surface area contributed by atoms with E-state index in [0.717, 1.165) is 16.8 Å². The molecule has 0 fully saturated rings. The van der Waals surface area contributed by atoms with Gasteiger partial charge in [-0.2, -0.15) is 0 Å². The summed E-state index contributed by atoms with van der Waals surface area (Å²) in [4.78, 5) is 28.1. The molecular formula is C26H24N2O3. The molecule has 156 valence electrons. The Kier molecular flexibility index (Phi) is 5.58. The van der Waals surface area contributed by atoms with Crippen molar-refractivity contribution in [2.75, 3.05) is 16.8 Å². The number of amides is 2. The van der Waals surface area contributed by atoms with Crippen LogP contribution in [0.4, 0.5) is 11.4 Å². The van der Waals surface area contributed by atoms with Gasteiger partial charge >= 0.3 is 0 Å². The van der Waals surface area contributed by atoms with E-state index in [-0.39, 0.29) is 17.5 Å². The van der Waals surface area contributed by atoms with Gasteiger partial charge in [0, 0.05) is 5.69 Å². The van der Waals surface area contributed by atoms with Crippen LogP contribution >= 0.6 is 0 Å². The summed E-state index contributed by atoms with van der Waals surface area (Å²) in [6, 6.07) is 22.2. The Balaban J connectivity index is 1.78. The van der Waals surface area contributed by atoms with Crippen molar-refractivity contribution in [3.63, 3.8) is 0 Å². The molecule has 1 heterocycles. The fraction of sp³-hybridized carbons (Fsp3) is 0.154. The summed E-state index contributed by atoms with van der Waals surface area (Å²) in [7, 11) is 0. The zero-order valence-corrected chi connectivity index (χ0v) is 17.8. The van der Waals surface area contributed by atoms with Gasteiger partial charge in [0.2, 0.25) is 0 Å². The first-order valence-electron chi connectivity index (χ1n) is 10.2. The molecule has 3 aromatic carbocycles. The van der Waals surface area contributed by atoms with Gasteiger partial charge in [-0.25, -0.2) is 4.90 Å². The lowest BCUT2D eigenvalue weighted by Crippen LogP contribution is -2.32. The number of carbonyl (C=O) groups excluding carboxylic acids is 2.